The molecule has 4 bridgehead atoms. The standard InChI is InChI=1S/C65H72N10O11S/c1-42-47(46-19-20-48(69-57(46)58(80)81)44-18-21-51-50(33-44)73(28-30-84-51)60(82)71-59-70-49-15-7-8-16-52(49)87-59)34-67-75(42)41-64-36-62(2)35-63(3,37-64)39-65(38-62,40-64)86-31-27-72(4)61(83)85-29-11-13-43-12-10-14-45(32-43)68-54(77)24-25-66-53(76)17-6-5-9-26-74-55(78)22-23-56(74)79/h7-8,10-16,18-23,32-34H,5-6,9,17,24-31,35-41H2,1-4H3,(H,66,76)(H,68,77)(H,80,81)(H,70,71,82)/b13-11+. The van der Waals surface area contributed by atoms with E-state index in [0.717, 1.165) is 60.0 Å². The highest BCUT2D eigenvalue weighted by Crippen LogP contribution is 2.72. The second-order valence-corrected chi connectivity index (χ2v) is 25.7. The molecule has 21 nitrogen and oxygen atoms in total. The number of unbranched alkanes of at least 4 members (excludes halogenated alkanes) is 2. The van der Waals surface area contributed by atoms with E-state index in [1.165, 1.54) is 33.3 Å². The molecule has 0 saturated heterocycles. The molecular formula is C65H72N10O11S. The summed E-state index contributed by atoms with van der Waals surface area (Å²) in [7, 11) is 1.70. The van der Waals surface area contributed by atoms with E-state index >= 15 is 0 Å². The number of aromatic nitrogens is 4. The Morgan fingerprint density at radius 1 is 0.839 bits per heavy atom. The van der Waals surface area contributed by atoms with E-state index in [4.69, 9.17) is 24.3 Å². The van der Waals surface area contributed by atoms with Crippen molar-refractivity contribution in [1.29, 1.82) is 0 Å². The monoisotopic (exact) mass is 1200 g/mol. The molecule has 454 valence electrons. The molecule has 6 aromatic rings. The van der Waals surface area contributed by atoms with E-state index in [0.29, 0.717) is 103 Å². The number of carboxylic acid groups (broad SMARTS) is 1. The molecule has 4 N–H and O–H groups in total. The second-order valence-electron chi connectivity index (χ2n) is 24.7. The Bertz CT molecular complexity index is 3670. The first-order chi connectivity index (χ1) is 41.8. The van der Waals surface area contributed by atoms with Crippen molar-refractivity contribution in [2.75, 3.05) is 68.6 Å². The highest BCUT2D eigenvalue weighted by molar-refractivity contribution is 7.22. The number of anilines is 3. The predicted octanol–water partition coefficient (Wildman–Crippen LogP) is 10.5. The Kier molecular flexibility index (Phi) is 17.2. The highest BCUT2D eigenvalue weighted by Gasteiger charge is 2.66. The summed E-state index contributed by atoms with van der Waals surface area (Å²) in [6.45, 7) is 9.20. The number of fused-ring (bicyclic) bond motifs is 2. The fourth-order valence-electron chi connectivity index (χ4n) is 14.6. The Balaban J connectivity index is 0.654. The van der Waals surface area contributed by atoms with Crippen LogP contribution in [0.2, 0.25) is 0 Å². The molecule has 2 atom stereocenters. The number of benzene rings is 3. The fraction of sp³-hybridized carbons (Fsp3) is 0.415. The third kappa shape index (κ3) is 13.6. The van der Waals surface area contributed by atoms with E-state index in [9.17, 15) is 38.7 Å². The van der Waals surface area contributed by atoms with Gasteiger partial charge in [0.1, 0.15) is 19.0 Å². The van der Waals surface area contributed by atoms with Crippen LogP contribution in [0.15, 0.2) is 103 Å². The summed E-state index contributed by atoms with van der Waals surface area (Å²) in [4.78, 5) is 102. The first kappa shape index (κ1) is 59.9. The van der Waals surface area contributed by atoms with Gasteiger partial charge in [-0.25, -0.2) is 24.4 Å². The molecule has 87 heavy (non-hydrogen) atoms. The Hall–Kier alpha value is -8.76. The molecular weight excluding hydrogens is 1130 g/mol. The number of aromatic carboxylic acids is 1. The smallest absolute Gasteiger partial charge is 0.409 e. The maximum absolute atomic E-state index is 13.7. The minimum absolute atomic E-state index is 0.0351. The van der Waals surface area contributed by atoms with E-state index in [1.807, 2.05) is 48.0 Å². The molecule has 2 unspecified atom stereocenters. The largest absolute Gasteiger partial charge is 0.490 e. The number of likely N-dealkylation sites (N-methyl/N-ethyl adjacent to an activating group) is 1. The molecule has 22 heteroatoms. The Morgan fingerprint density at radius 3 is 2.41 bits per heavy atom. The molecule has 4 saturated carbocycles. The molecule has 4 fully saturated rings. The quantitative estimate of drug-likeness (QED) is 0.0344. The minimum Gasteiger partial charge on any atom is -0.490 e. The van der Waals surface area contributed by atoms with Crippen LogP contribution in [0.25, 0.3) is 38.7 Å². The van der Waals surface area contributed by atoms with Crippen LogP contribution in [0.1, 0.15) is 106 Å². The van der Waals surface area contributed by atoms with Gasteiger partial charge in [0.15, 0.2) is 10.8 Å². The SMILES string of the molecule is Cc1c(-c2ccc(-c3ccc4c(c3)N(C(=O)Nc3nc5ccccc5s3)CCO4)nc2C(=O)O)cnn1CC12CC3(C)CC(C)(C1)CC(OCCN(C)C(=O)OC/C=C/c1cccc(NC(=O)CCNC(=O)CCCCCN4C(=O)C=CC4=O)c1)(C3)C2. The van der Waals surface area contributed by atoms with Gasteiger partial charge in [0, 0.05) is 86.3 Å². The lowest BCUT2D eigenvalue weighted by Crippen LogP contribution is -2.64. The Morgan fingerprint density at radius 2 is 1.63 bits per heavy atom. The van der Waals surface area contributed by atoms with E-state index in [2.05, 4.69) is 34.8 Å². The number of thiazole rings is 1. The lowest BCUT2D eigenvalue weighted by Gasteiger charge is -2.69. The van der Waals surface area contributed by atoms with Gasteiger partial charge in [0.25, 0.3) is 11.8 Å². The van der Waals surface area contributed by atoms with Gasteiger partial charge in [-0.15, -0.1) is 0 Å². The summed E-state index contributed by atoms with van der Waals surface area (Å²) in [5, 5.41) is 24.6. The zero-order valence-electron chi connectivity index (χ0n) is 49.4. The van der Waals surface area contributed by atoms with Gasteiger partial charge < -0.3 is 34.9 Å². The van der Waals surface area contributed by atoms with Crippen molar-refractivity contribution in [2.24, 2.45) is 16.2 Å². The number of carbonyl (C=O) groups is 7. The molecule has 6 aliphatic rings. The maximum atomic E-state index is 13.7. The van der Waals surface area contributed by atoms with Crippen molar-refractivity contribution >= 4 is 85.9 Å². The van der Waals surface area contributed by atoms with Gasteiger partial charge in [-0.2, -0.15) is 5.10 Å². The number of pyridine rings is 1. The number of nitrogens with one attached hydrogen (secondary N) is 3. The topological polar surface area (TPSA) is 257 Å². The summed E-state index contributed by atoms with van der Waals surface area (Å²) < 4.78 is 21.5. The number of imide groups is 1. The molecule has 3 aromatic carbocycles. The van der Waals surface area contributed by atoms with Crippen LogP contribution in [-0.4, -0.2) is 135 Å². The number of hydrogen-bond acceptors (Lipinski definition) is 14. The van der Waals surface area contributed by atoms with Crippen LogP contribution >= 0.6 is 11.3 Å². The van der Waals surface area contributed by atoms with Crippen LogP contribution in [0.3, 0.4) is 0 Å². The molecule has 5 heterocycles. The van der Waals surface area contributed by atoms with Crippen LogP contribution in [0.5, 0.6) is 5.75 Å². The van der Waals surface area contributed by atoms with E-state index in [1.54, 1.807) is 72.8 Å². The lowest BCUT2D eigenvalue weighted by atomic mass is 9.39. The van der Waals surface area contributed by atoms with Crippen LogP contribution in [0.4, 0.5) is 26.1 Å². The number of urea groups is 1. The molecule has 4 aliphatic carbocycles. The Labute approximate surface area is 508 Å². The van der Waals surface area contributed by atoms with E-state index < -0.39 is 17.7 Å². The number of amides is 7. The predicted molar refractivity (Wildman–Crippen MR) is 329 cm³/mol. The van der Waals surface area contributed by atoms with Gasteiger partial charge in [-0.3, -0.25) is 39.0 Å². The first-order valence-corrected chi connectivity index (χ1v) is 30.4. The van der Waals surface area contributed by atoms with Crippen LogP contribution in [0, 0.1) is 23.2 Å². The average molecular weight is 1200 g/mol. The van der Waals surface area contributed by atoms with Gasteiger partial charge in [-0.05, 0) is 141 Å². The molecule has 12 rings (SSSR count). The van der Waals surface area contributed by atoms with Crippen molar-refractivity contribution in [3.63, 3.8) is 0 Å². The molecule has 0 radical (unpaired) electrons. The van der Waals surface area contributed by atoms with Gasteiger partial charge in [0.2, 0.25) is 11.8 Å². The summed E-state index contributed by atoms with van der Waals surface area (Å²) in [6.07, 6.45) is 15.4. The van der Waals surface area contributed by atoms with Gasteiger partial charge in [-0.1, -0.05) is 61.9 Å². The highest BCUT2D eigenvalue weighted by atomic mass is 32.1. The third-order valence-corrected chi connectivity index (χ3v) is 18.2. The van der Waals surface area contributed by atoms with Crippen molar-refractivity contribution in [3.8, 4) is 28.1 Å². The maximum Gasteiger partial charge on any atom is 0.409 e. The minimum atomic E-state index is -1.18. The number of ether oxygens (including phenoxy) is 3. The normalized spacial score (nSPS) is 21.7. The molecule has 0 spiro atoms. The number of carbonyl (C=O) groups excluding carboxylic acids is 6. The number of para-hydroxylation sites is 1. The molecule has 3 aromatic heterocycles. The van der Waals surface area contributed by atoms with Gasteiger partial charge in [0.05, 0.1) is 46.5 Å². The van der Waals surface area contributed by atoms with Crippen LogP contribution in [-0.2, 0) is 35.2 Å². The van der Waals surface area contributed by atoms with E-state index in [-0.39, 0.29) is 77.6 Å². The number of nitrogens with zero attached hydrogens (tertiary/aromatic N) is 7. The average Bonchev–Trinajstić information content (AvgIpc) is 1.07. The van der Waals surface area contributed by atoms with Crippen LogP contribution < -0.4 is 25.6 Å². The molecule has 2 aliphatic heterocycles. The fourth-order valence-corrected chi connectivity index (χ4v) is 15.5. The summed E-state index contributed by atoms with van der Waals surface area (Å²) in [6, 6.07) is 23.5. The lowest BCUT2D eigenvalue weighted by molar-refractivity contribution is -0.248. The van der Waals surface area contributed by atoms with Crippen molar-refractivity contribution in [3.05, 3.63) is 120 Å². The second kappa shape index (κ2) is 24.9. The van der Waals surface area contributed by atoms with Gasteiger partial charge >= 0.3 is 18.1 Å². The number of carboxylic acids is 1. The van der Waals surface area contributed by atoms with Crippen molar-refractivity contribution < 1.29 is 52.9 Å². The summed E-state index contributed by atoms with van der Waals surface area (Å²) in [5.41, 5.74) is 5.17. The number of rotatable bonds is 23. The summed E-state index contributed by atoms with van der Waals surface area (Å²) >= 11 is 1.39. The third-order valence-electron chi connectivity index (χ3n) is 17.3. The zero-order valence-corrected chi connectivity index (χ0v) is 50.2. The van der Waals surface area contributed by atoms with Crippen molar-refractivity contribution in [2.45, 2.75) is 104 Å². The molecule has 7 amide bonds. The summed E-state index contributed by atoms with van der Waals surface area (Å²) in [5.74, 6) is -1.70. The van der Waals surface area contributed by atoms with Crippen molar-refractivity contribution in [1.82, 2.24) is 34.9 Å². The number of hydrogen-bond donors (Lipinski definition) is 4. The zero-order chi connectivity index (χ0) is 61.1. The first-order valence-electron chi connectivity index (χ1n) is 29.6.